The molecule has 4 atom stereocenters. The minimum atomic E-state index is -0.484. The summed E-state index contributed by atoms with van der Waals surface area (Å²) in [6.07, 6.45) is 10.2. The molecule has 2 bridgehead atoms. The number of carbonyl (C=O) groups is 2. The van der Waals surface area contributed by atoms with Crippen LogP contribution in [0.25, 0.3) is 0 Å². The lowest BCUT2D eigenvalue weighted by Crippen LogP contribution is -2.47. The molecule has 1 N–H and O–H groups in total. The zero-order valence-corrected chi connectivity index (χ0v) is 17.7. The van der Waals surface area contributed by atoms with E-state index in [1.54, 1.807) is 36.3 Å². The number of amidine groups is 1. The number of nitrogens with zero attached hydrogens (tertiary/aromatic N) is 3. The highest BCUT2D eigenvalue weighted by molar-refractivity contribution is 8.16. The molecule has 5 rings (SSSR count). The second-order valence-electron chi connectivity index (χ2n) is 9.14. The van der Waals surface area contributed by atoms with Gasteiger partial charge in [0.05, 0.1) is 6.04 Å². The fourth-order valence-electron chi connectivity index (χ4n) is 5.65. The average molecular weight is 413 g/mol. The Bertz CT molecular complexity index is 836. The molecule has 0 aromatic carbocycles. The monoisotopic (exact) mass is 412 g/mol. The van der Waals surface area contributed by atoms with Gasteiger partial charge in [0.1, 0.15) is 4.75 Å². The number of aliphatic imine (C=N–C) groups is 1. The lowest BCUT2D eigenvalue weighted by Gasteiger charge is -2.38. The van der Waals surface area contributed by atoms with Gasteiger partial charge in [-0.15, -0.1) is 0 Å². The third-order valence-electron chi connectivity index (χ3n) is 7.45. The Kier molecular flexibility index (Phi) is 4.88. The van der Waals surface area contributed by atoms with Gasteiger partial charge in [-0.3, -0.25) is 19.6 Å². The Morgan fingerprint density at radius 2 is 1.97 bits per heavy atom. The van der Waals surface area contributed by atoms with Crippen molar-refractivity contribution in [3.63, 3.8) is 0 Å². The summed E-state index contributed by atoms with van der Waals surface area (Å²) in [5.74, 6) is 1.97. The van der Waals surface area contributed by atoms with Crippen LogP contribution in [0.4, 0.5) is 0 Å². The van der Waals surface area contributed by atoms with Crippen LogP contribution >= 0.6 is 11.8 Å². The van der Waals surface area contributed by atoms with E-state index < -0.39 is 4.75 Å². The Hall–Kier alpha value is -1.89. The van der Waals surface area contributed by atoms with E-state index in [2.05, 4.69) is 17.2 Å². The summed E-state index contributed by atoms with van der Waals surface area (Å²) in [6, 6.07) is 3.92. The molecule has 154 valence electrons. The molecule has 2 amide bonds. The van der Waals surface area contributed by atoms with Crippen molar-refractivity contribution in [3.05, 3.63) is 30.1 Å². The maximum atomic E-state index is 12.9. The van der Waals surface area contributed by atoms with Crippen LogP contribution in [-0.2, 0) is 4.79 Å². The van der Waals surface area contributed by atoms with Crippen molar-refractivity contribution in [2.24, 2.45) is 22.7 Å². The molecule has 1 unspecified atom stereocenters. The van der Waals surface area contributed by atoms with Crippen molar-refractivity contribution in [3.8, 4) is 0 Å². The molecule has 7 heteroatoms. The predicted octanol–water partition coefficient (Wildman–Crippen LogP) is 3.10. The zero-order chi connectivity index (χ0) is 20.0. The van der Waals surface area contributed by atoms with E-state index in [0.29, 0.717) is 24.7 Å². The quantitative estimate of drug-likeness (QED) is 0.828. The molecule has 29 heavy (non-hydrogen) atoms. The summed E-state index contributed by atoms with van der Waals surface area (Å²) >= 11 is 1.63. The summed E-state index contributed by atoms with van der Waals surface area (Å²) in [7, 11) is 0. The fraction of sp³-hybridized carbons (Fsp3) is 0.636. The number of fused-ring (bicyclic) bond motifs is 2. The molecule has 2 aliphatic heterocycles. The minimum Gasteiger partial charge on any atom is -0.339 e. The maximum Gasteiger partial charge on any atom is 0.253 e. The molecule has 2 aliphatic carbocycles. The maximum absolute atomic E-state index is 12.9. The van der Waals surface area contributed by atoms with Crippen LogP contribution < -0.4 is 5.32 Å². The van der Waals surface area contributed by atoms with Gasteiger partial charge in [-0.1, -0.05) is 18.2 Å². The molecule has 0 spiro atoms. The van der Waals surface area contributed by atoms with Gasteiger partial charge in [0.2, 0.25) is 5.91 Å². The van der Waals surface area contributed by atoms with E-state index in [1.165, 1.54) is 25.7 Å². The van der Waals surface area contributed by atoms with Crippen LogP contribution in [0.3, 0.4) is 0 Å². The van der Waals surface area contributed by atoms with Crippen LogP contribution in [0.2, 0.25) is 0 Å². The number of piperidine rings is 1. The number of hydrogen-bond donors (Lipinski definition) is 1. The zero-order valence-electron chi connectivity index (χ0n) is 16.8. The van der Waals surface area contributed by atoms with Crippen LogP contribution in [0.5, 0.6) is 0 Å². The summed E-state index contributed by atoms with van der Waals surface area (Å²) in [5.41, 5.74) is 0.679. The molecular formula is C22H28N4O2S. The van der Waals surface area contributed by atoms with Crippen molar-refractivity contribution in [2.75, 3.05) is 13.1 Å². The first-order chi connectivity index (χ1) is 14.0. The van der Waals surface area contributed by atoms with Crippen molar-refractivity contribution in [1.82, 2.24) is 15.2 Å². The fourth-order valence-corrected chi connectivity index (χ4v) is 6.93. The Morgan fingerprint density at radius 3 is 2.62 bits per heavy atom. The van der Waals surface area contributed by atoms with E-state index >= 15 is 0 Å². The van der Waals surface area contributed by atoms with Crippen LogP contribution in [0.1, 0.15) is 55.8 Å². The molecule has 4 fully saturated rings. The first kappa shape index (κ1) is 19.1. The molecule has 0 radical (unpaired) electrons. The summed E-state index contributed by atoms with van der Waals surface area (Å²) in [5, 5.41) is 3.90. The van der Waals surface area contributed by atoms with Gasteiger partial charge >= 0.3 is 0 Å². The number of aromatic nitrogens is 1. The smallest absolute Gasteiger partial charge is 0.253 e. The highest BCUT2D eigenvalue weighted by Crippen LogP contribution is 2.48. The lowest BCUT2D eigenvalue weighted by molar-refractivity contribution is -0.122. The number of hydrogen-bond acceptors (Lipinski definition) is 5. The largest absolute Gasteiger partial charge is 0.339 e. The topological polar surface area (TPSA) is 74.7 Å². The predicted molar refractivity (Wildman–Crippen MR) is 114 cm³/mol. The van der Waals surface area contributed by atoms with Crippen molar-refractivity contribution >= 4 is 28.7 Å². The van der Waals surface area contributed by atoms with Gasteiger partial charge in [0.15, 0.2) is 5.17 Å². The lowest BCUT2D eigenvalue weighted by atomic mass is 9.84. The van der Waals surface area contributed by atoms with Gasteiger partial charge in [-0.25, -0.2) is 0 Å². The SMILES string of the molecule is CC1(C2CCN(C(=O)c3ccncc3)CC2)SC(=N[C@H]2C[C@H]3CC[C@H]2C3)NC1=O. The number of nitrogens with one attached hydrogen (secondary N) is 1. The molecule has 3 heterocycles. The number of amides is 2. The summed E-state index contributed by atoms with van der Waals surface area (Å²) < 4.78 is -0.484. The molecule has 1 aromatic heterocycles. The molecule has 1 aromatic rings. The van der Waals surface area contributed by atoms with Crippen LogP contribution in [-0.4, -0.2) is 50.7 Å². The third-order valence-corrected chi connectivity index (χ3v) is 8.80. The number of pyridine rings is 1. The van der Waals surface area contributed by atoms with Gasteiger partial charge in [0.25, 0.3) is 5.91 Å². The van der Waals surface area contributed by atoms with E-state index in [-0.39, 0.29) is 17.7 Å². The summed E-state index contributed by atoms with van der Waals surface area (Å²) in [6.45, 7) is 3.43. The van der Waals surface area contributed by atoms with E-state index in [4.69, 9.17) is 4.99 Å². The third kappa shape index (κ3) is 3.47. The highest BCUT2D eigenvalue weighted by atomic mass is 32.2. The van der Waals surface area contributed by atoms with Crippen molar-refractivity contribution in [2.45, 2.75) is 56.2 Å². The van der Waals surface area contributed by atoms with Gasteiger partial charge in [0, 0.05) is 31.0 Å². The minimum absolute atomic E-state index is 0.0538. The molecule has 2 saturated heterocycles. The van der Waals surface area contributed by atoms with Crippen molar-refractivity contribution < 1.29 is 9.59 Å². The number of thioether (sulfide) groups is 1. The van der Waals surface area contributed by atoms with E-state index in [9.17, 15) is 9.59 Å². The Morgan fingerprint density at radius 1 is 1.21 bits per heavy atom. The molecule has 6 nitrogen and oxygen atoms in total. The molecule has 2 saturated carbocycles. The van der Waals surface area contributed by atoms with Crippen LogP contribution in [0, 0.1) is 17.8 Å². The Labute approximate surface area is 175 Å². The Balaban J connectivity index is 1.22. The normalized spacial score (nSPS) is 36.0. The number of likely N-dealkylation sites (tertiary alicyclic amines) is 1. The molecular weight excluding hydrogens is 384 g/mol. The second-order valence-corrected chi connectivity index (χ2v) is 10.6. The second kappa shape index (κ2) is 7.42. The van der Waals surface area contributed by atoms with Crippen LogP contribution in [0.15, 0.2) is 29.5 Å². The van der Waals surface area contributed by atoms with Crippen molar-refractivity contribution in [1.29, 1.82) is 0 Å². The standard InChI is InChI=1S/C22H28N4O2S/c1-22(17-6-10-26(11-7-17)19(27)15-4-8-23-9-5-15)20(28)25-21(29-22)24-18-13-14-2-3-16(18)12-14/h4-5,8-9,14,16-18H,2-3,6-7,10-13H2,1H3,(H,24,25,28)/t14-,16-,18-,22?/m0/s1. The van der Waals surface area contributed by atoms with Gasteiger partial charge in [-0.2, -0.15) is 0 Å². The first-order valence-electron chi connectivity index (χ1n) is 10.8. The van der Waals surface area contributed by atoms with E-state index in [1.807, 2.05) is 4.90 Å². The first-order valence-corrected chi connectivity index (χ1v) is 11.6. The summed E-state index contributed by atoms with van der Waals surface area (Å²) in [4.78, 5) is 36.4. The highest BCUT2D eigenvalue weighted by Gasteiger charge is 2.50. The average Bonchev–Trinajstić information content (AvgIpc) is 3.44. The number of carbonyl (C=O) groups excluding carboxylic acids is 2. The van der Waals surface area contributed by atoms with E-state index in [0.717, 1.165) is 29.8 Å². The molecule has 4 aliphatic rings. The number of rotatable bonds is 3. The van der Waals surface area contributed by atoms with Gasteiger partial charge in [-0.05, 0) is 68.9 Å². The van der Waals surface area contributed by atoms with Gasteiger partial charge < -0.3 is 10.2 Å².